The average molecular weight is 258 g/mol. The molecule has 1 aromatic carbocycles. The van der Waals surface area contributed by atoms with Gasteiger partial charge in [0.25, 0.3) is 0 Å². The van der Waals surface area contributed by atoms with Crippen molar-refractivity contribution in [1.82, 2.24) is 0 Å². The molecule has 0 aliphatic heterocycles. The maximum Gasteiger partial charge on any atom is 0.336 e. The molecular formula is C15H14O4. The second-order valence-corrected chi connectivity index (χ2v) is 4.00. The van der Waals surface area contributed by atoms with Gasteiger partial charge in [-0.05, 0) is 29.8 Å². The van der Waals surface area contributed by atoms with Gasteiger partial charge in [-0.25, -0.2) is 4.79 Å². The summed E-state index contributed by atoms with van der Waals surface area (Å²) in [7, 11) is 1.54. The Bertz CT molecular complexity index is 695. The van der Waals surface area contributed by atoms with E-state index in [0.717, 1.165) is 5.39 Å². The number of ether oxygens (including phenoxy) is 1. The Morgan fingerprint density at radius 1 is 1.42 bits per heavy atom. The zero-order valence-electron chi connectivity index (χ0n) is 10.6. The first kappa shape index (κ1) is 13.1. The third-order valence-corrected chi connectivity index (χ3v) is 2.70. The van der Waals surface area contributed by atoms with Crippen LogP contribution in [0, 0.1) is 0 Å². The maximum absolute atomic E-state index is 11.3. The Morgan fingerprint density at radius 3 is 2.84 bits per heavy atom. The Kier molecular flexibility index (Phi) is 3.82. The van der Waals surface area contributed by atoms with Gasteiger partial charge in [-0.3, -0.25) is 0 Å². The van der Waals surface area contributed by atoms with Crippen molar-refractivity contribution >= 4 is 17.0 Å². The summed E-state index contributed by atoms with van der Waals surface area (Å²) in [6, 6.07) is 6.67. The van der Waals surface area contributed by atoms with Gasteiger partial charge in [-0.2, -0.15) is 0 Å². The van der Waals surface area contributed by atoms with Gasteiger partial charge in [-0.15, -0.1) is 0 Å². The highest BCUT2D eigenvalue weighted by Crippen LogP contribution is 2.28. The number of methoxy groups -OCH3 is 1. The van der Waals surface area contributed by atoms with Crippen molar-refractivity contribution in [2.45, 2.75) is 0 Å². The van der Waals surface area contributed by atoms with E-state index in [1.807, 2.05) is 6.07 Å². The molecule has 0 amide bonds. The second kappa shape index (κ2) is 5.54. The first-order valence-electron chi connectivity index (χ1n) is 5.73. The van der Waals surface area contributed by atoms with Crippen LogP contribution in [0.25, 0.3) is 17.0 Å². The average Bonchev–Trinajstić information content (AvgIpc) is 2.44. The lowest BCUT2D eigenvalue weighted by Gasteiger charge is -2.07. The molecule has 2 rings (SSSR count). The van der Waals surface area contributed by atoms with Crippen LogP contribution in [-0.2, 0) is 0 Å². The van der Waals surface area contributed by atoms with Gasteiger partial charge in [-0.1, -0.05) is 12.7 Å². The van der Waals surface area contributed by atoms with Crippen LogP contribution >= 0.6 is 0 Å². The summed E-state index contributed by atoms with van der Waals surface area (Å²) in [5, 5.41) is 9.74. The van der Waals surface area contributed by atoms with Crippen molar-refractivity contribution in [2.75, 3.05) is 13.7 Å². The molecule has 4 heteroatoms. The van der Waals surface area contributed by atoms with E-state index in [2.05, 4.69) is 6.58 Å². The van der Waals surface area contributed by atoms with Gasteiger partial charge in [0, 0.05) is 11.5 Å². The molecule has 0 spiro atoms. The number of aliphatic hydroxyl groups is 1. The number of fused-ring (bicyclic) bond motifs is 1. The molecule has 1 heterocycles. The van der Waals surface area contributed by atoms with Crippen LogP contribution in [0.2, 0.25) is 0 Å². The lowest BCUT2D eigenvalue weighted by Crippen LogP contribution is -1.97. The van der Waals surface area contributed by atoms with Gasteiger partial charge in [0.15, 0.2) is 0 Å². The number of aliphatic hydroxyl groups excluding tert-OH is 1. The molecule has 2 aromatic rings. The number of hydrogen-bond acceptors (Lipinski definition) is 4. The van der Waals surface area contributed by atoms with Crippen molar-refractivity contribution in [3.05, 3.63) is 58.5 Å². The van der Waals surface area contributed by atoms with E-state index in [1.54, 1.807) is 31.4 Å². The summed E-state index contributed by atoms with van der Waals surface area (Å²) in [5.74, 6) is 0.587. The van der Waals surface area contributed by atoms with Crippen molar-refractivity contribution in [3.8, 4) is 5.75 Å². The predicted molar refractivity (Wildman–Crippen MR) is 74.3 cm³/mol. The smallest absolute Gasteiger partial charge is 0.336 e. The molecule has 1 N–H and O–H groups in total. The van der Waals surface area contributed by atoms with E-state index in [1.165, 1.54) is 6.07 Å². The SMILES string of the molecule is C=C(/C=C/c1c(OC)ccc2ccc(=O)oc12)CO. The summed E-state index contributed by atoms with van der Waals surface area (Å²) in [6.07, 6.45) is 3.37. The molecule has 0 aliphatic rings. The van der Waals surface area contributed by atoms with Gasteiger partial charge in [0.1, 0.15) is 11.3 Å². The van der Waals surface area contributed by atoms with Gasteiger partial charge in [0.2, 0.25) is 0 Å². The summed E-state index contributed by atoms with van der Waals surface area (Å²) in [5.41, 5.74) is 1.23. The normalized spacial score (nSPS) is 11.1. The third kappa shape index (κ3) is 2.74. The molecule has 19 heavy (non-hydrogen) atoms. The van der Waals surface area contributed by atoms with E-state index >= 15 is 0 Å². The summed E-state index contributed by atoms with van der Waals surface area (Å²) in [6.45, 7) is 3.54. The molecule has 0 unspecified atom stereocenters. The molecule has 98 valence electrons. The molecule has 0 saturated heterocycles. The van der Waals surface area contributed by atoms with Gasteiger partial charge in [0.05, 0.1) is 19.3 Å². The highest BCUT2D eigenvalue weighted by Gasteiger charge is 2.08. The standard InChI is InChI=1S/C15H14O4/c1-10(9-16)3-6-12-13(18-2)7-4-11-5-8-14(17)19-15(11)12/h3-8,16H,1,9H2,2H3/b6-3+. The summed E-state index contributed by atoms with van der Waals surface area (Å²) in [4.78, 5) is 11.3. The van der Waals surface area contributed by atoms with Crippen LogP contribution in [-0.4, -0.2) is 18.8 Å². The molecular weight excluding hydrogens is 244 g/mol. The van der Waals surface area contributed by atoms with Gasteiger partial charge >= 0.3 is 5.63 Å². The molecule has 4 nitrogen and oxygen atoms in total. The first-order chi connectivity index (χ1) is 9.15. The Balaban J connectivity index is 2.66. The Hall–Kier alpha value is -2.33. The zero-order valence-corrected chi connectivity index (χ0v) is 10.6. The minimum Gasteiger partial charge on any atom is -0.496 e. The van der Waals surface area contributed by atoms with Crippen molar-refractivity contribution in [1.29, 1.82) is 0 Å². The van der Waals surface area contributed by atoms with Crippen molar-refractivity contribution in [3.63, 3.8) is 0 Å². The van der Waals surface area contributed by atoms with Crippen molar-refractivity contribution < 1.29 is 14.3 Å². The molecule has 1 aromatic heterocycles. The molecule has 0 atom stereocenters. The summed E-state index contributed by atoms with van der Waals surface area (Å²) < 4.78 is 10.5. The monoisotopic (exact) mass is 258 g/mol. The van der Waals surface area contributed by atoms with E-state index in [0.29, 0.717) is 22.5 Å². The maximum atomic E-state index is 11.3. The van der Waals surface area contributed by atoms with E-state index in [-0.39, 0.29) is 6.61 Å². The van der Waals surface area contributed by atoms with Crippen LogP contribution in [0.4, 0.5) is 0 Å². The van der Waals surface area contributed by atoms with Crippen LogP contribution in [0.1, 0.15) is 5.56 Å². The number of rotatable bonds is 4. The lowest BCUT2D eigenvalue weighted by atomic mass is 10.1. The molecule has 0 aliphatic carbocycles. The Morgan fingerprint density at radius 2 is 2.16 bits per heavy atom. The van der Waals surface area contributed by atoms with E-state index < -0.39 is 5.63 Å². The quantitative estimate of drug-likeness (QED) is 0.675. The van der Waals surface area contributed by atoms with Crippen LogP contribution < -0.4 is 10.4 Å². The fourth-order valence-electron chi connectivity index (χ4n) is 1.73. The fourth-order valence-corrected chi connectivity index (χ4v) is 1.73. The molecule has 0 fully saturated rings. The van der Waals surface area contributed by atoms with E-state index in [9.17, 15) is 4.79 Å². The topological polar surface area (TPSA) is 59.7 Å². The highest BCUT2D eigenvalue weighted by atomic mass is 16.5. The highest BCUT2D eigenvalue weighted by molar-refractivity contribution is 5.88. The zero-order chi connectivity index (χ0) is 13.8. The lowest BCUT2D eigenvalue weighted by molar-refractivity contribution is 0.335. The first-order valence-corrected chi connectivity index (χ1v) is 5.73. The van der Waals surface area contributed by atoms with Crippen LogP contribution in [0.15, 0.2) is 51.7 Å². The van der Waals surface area contributed by atoms with Crippen LogP contribution in [0.3, 0.4) is 0 Å². The largest absolute Gasteiger partial charge is 0.496 e. The molecule has 0 radical (unpaired) electrons. The Labute approximate surface area is 110 Å². The van der Waals surface area contributed by atoms with Crippen LogP contribution in [0.5, 0.6) is 5.75 Å². The predicted octanol–water partition coefficient (Wildman–Crippen LogP) is 2.36. The van der Waals surface area contributed by atoms with E-state index in [4.69, 9.17) is 14.3 Å². The molecule has 0 saturated carbocycles. The minimum atomic E-state index is -0.420. The summed E-state index contributed by atoms with van der Waals surface area (Å²) >= 11 is 0. The van der Waals surface area contributed by atoms with Crippen molar-refractivity contribution in [2.24, 2.45) is 0 Å². The number of benzene rings is 1. The minimum absolute atomic E-state index is 0.131. The second-order valence-electron chi connectivity index (χ2n) is 4.00. The van der Waals surface area contributed by atoms with Gasteiger partial charge < -0.3 is 14.3 Å². The third-order valence-electron chi connectivity index (χ3n) is 2.70. The number of hydrogen-bond donors (Lipinski definition) is 1. The fraction of sp³-hybridized carbons (Fsp3) is 0.133. The molecule has 0 bridgehead atoms.